The molecule has 4 amide bonds. The van der Waals surface area contributed by atoms with Gasteiger partial charge < -0.3 is 35.1 Å². The number of likely N-dealkylation sites (tertiary alicyclic amines) is 1. The lowest BCUT2D eigenvalue weighted by Crippen LogP contribution is -2.59. The molecule has 5 aromatic rings. The van der Waals surface area contributed by atoms with Crippen LogP contribution in [0.3, 0.4) is 0 Å². The Bertz CT molecular complexity index is 2390. The molecule has 6 rings (SSSR count). The Morgan fingerprint density at radius 3 is 1.92 bits per heavy atom. The first-order valence-electron chi connectivity index (χ1n) is 22.2. The molecule has 65 heavy (non-hydrogen) atoms. The first-order valence-corrected chi connectivity index (χ1v) is 22.2. The molecule has 1 aliphatic heterocycles. The van der Waals surface area contributed by atoms with Crippen molar-refractivity contribution in [1.82, 2.24) is 20.9 Å². The standard InChI is InChI=1S/C52H58N4O9/c1-52(2,3)65-51(62)55-42(26-15-16-31-63-49(60)40-23-11-6-12-24-40)46(57)53-43(34-38-28-29-39-22-13-14-25-41(39)32-38)47(58)54-44(33-36-18-7-4-8-19-36)48(59)56-30-17-27-45(56)50(61)64-35-37-20-9-5-10-21-37/h4-14,18-25,28-29,32,42-45H,15-17,26-27,30-31,33-35H2,1-3H3,(H,53,57)(H,54,58)(H,55,62)/t42-,43+,44-,45+/m0/s1. The van der Waals surface area contributed by atoms with Gasteiger partial charge in [-0.2, -0.15) is 0 Å². The predicted octanol–water partition coefficient (Wildman–Crippen LogP) is 7.25. The summed E-state index contributed by atoms with van der Waals surface area (Å²) in [5.41, 5.74) is 1.90. The van der Waals surface area contributed by atoms with E-state index in [0.29, 0.717) is 37.8 Å². The molecular weight excluding hydrogens is 825 g/mol. The minimum absolute atomic E-state index is 0.0431. The summed E-state index contributed by atoms with van der Waals surface area (Å²) in [5.74, 6) is -2.73. The van der Waals surface area contributed by atoms with Gasteiger partial charge in [0.05, 0.1) is 12.2 Å². The van der Waals surface area contributed by atoms with Crippen LogP contribution in [0.4, 0.5) is 4.79 Å². The number of hydrogen-bond donors (Lipinski definition) is 3. The van der Waals surface area contributed by atoms with Crippen LogP contribution in [0.1, 0.15) is 79.9 Å². The van der Waals surface area contributed by atoms with E-state index in [4.69, 9.17) is 14.2 Å². The number of nitrogens with one attached hydrogen (secondary N) is 3. The Morgan fingerprint density at radius 2 is 1.23 bits per heavy atom. The average Bonchev–Trinajstić information content (AvgIpc) is 3.80. The fourth-order valence-corrected chi connectivity index (χ4v) is 7.70. The van der Waals surface area contributed by atoms with Crippen LogP contribution < -0.4 is 16.0 Å². The molecule has 1 heterocycles. The number of carbonyl (C=O) groups is 6. The minimum atomic E-state index is -1.21. The van der Waals surface area contributed by atoms with Crippen molar-refractivity contribution in [3.63, 3.8) is 0 Å². The summed E-state index contributed by atoms with van der Waals surface area (Å²) >= 11 is 0. The van der Waals surface area contributed by atoms with E-state index in [9.17, 15) is 28.8 Å². The second kappa shape index (κ2) is 23.1. The number of amides is 4. The van der Waals surface area contributed by atoms with Crippen molar-refractivity contribution in [3.8, 4) is 0 Å². The van der Waals surface area contributed by atoms with E-state index in [1.165, 1.54) is 4.90 Å². The zero-order valence-electron chi connectivity index (χ0n) is 37.2. The van der Waals surface area contributed by atoms with Gasteiger partial charge in [-0.05, 0) is 92.5 Å². The topological polar surface area (TPSA) is 169 Å². The molecule has 0 bridgehead atoms. The molecule has 5 aromatic carbocycles. The maximum atomic E-state index is 14.7. The van der Waals surface area contributed by atoms with Gasteiger partial charge >= 0.3 is 18.0 Å². The molecule has 1 saturated heterocycles. The van der Waals surface area contributed by atoms with E-state index in [-0.39, 0.29) is 32.5 Å². The van der Waals surface area contributed by atoms with Crippen molar-refractivity contribution >= 4 is 46.5 Å². The number of unbranched alkanes of at least 4 members (excludes halogenated alkanes) is 1. The van der Waals surface area contributed by atoms with Crippen LogP contribution in [0.15, 0.2) is 133 Å². The van der Waals surface area contributed by atoms with Gasteiger partial charge in [0.1, 0.15) is 36.4 Å². The van der Waals surface area contributed by atoms with E-state index in [0.717, 1.165) is 27.5 Å². The van der Waals surface area contributed by atoms with E-state index in [1.807, 2.05) is 103 Å². The molecule has 1 fully saturated rings. The number of benzene rings is 5. The highest BCUT2D eigenvalue weighted by atomic mass is 16.6. The zero-order chi connectivity index (χ0) is 46.2. The Hall–Kier alpha value is -7.02. The molecule has 4 atom stereocenters. The number of fused-ring (bicyclic) bond motifs is 1. The van der Waals surface area contributed by atoms with Crippen molar-refractivity contribution in [2.45, 2.75) is 102 Å². The molecular formula is C52H58N4O9. The van der Waals surface area contributed by atoms with Crippen LogP contribution in [0.25, 0.3) is 10.8 Å². The minimum Gasteiger partial charge on any atom is -0.462 e. The first kappa shape index (κ1) is 47.5. The summed E-state index contributed by atoms with van der Waals surface area (Å²) < 4.78 is 16.6. The fourth-order valence-electron chi connectivity index (χ4n) is 7.70. The van der Waals surface area contributed by atoms with Gasteiger partial charge in [0.25, 0.3) is 0 Å². The Morgan fingerprint density at radius 1 is 0.631 bits per heavy atom. The highest BCUT2D eigenvalue weighted by Crippen LogP contribution is 2.23. The van der Waals surface area contributed by atoms with E-state index in [2.05, 4.69) is 16.0 Å². The zero-order valence-corrected chi connectivity index (χ0v) is 37.2. The SMILES string of the molecule is CC(C)(C)OC(=O)N[C@@H](CCCCOC(=O)c1ccccc1)C(=O)N[C@H](Cc1ccc2ccccc2c1)C(=O)N[C@@H](Cc1ccccc1)C(=O)N1CCC[C@@H]1C(=O)OCc1ccccc1. The van der Waals surface area contributed by atoms with Crippen molar-refractivity contribution in [1.29, 1.82) is 0 Å². The summed E-state index contributed by atoms with van der Waals surface area (Å²) in [6, 6.07) is 36.4. The normalized spacial score (nSPS) is 14.9. The van der Waals surface area contributed by atoms with Crippen LogP contribution in [0.5, 0.6) is 0 Å². The van der Waals surface area contributed by atoms with Gasteiger partial charge in [-0.3, -0.25) is 14.4 Å². The molecule has 0 aromatic heterocycles. The van der Waals surface area contributed by atoms with Gasteiger partial charge in [0, 0.05) is 19.4 Å². The van der Waals surface area contributed by atoms with Crippen molar-refractivity contribution < 1.29 is 43.0 Å². The Kier molecular flexibility index (Phi) is 16.8. The molecule has 0 unspecified atom stereocenters. The number of nitrogens with zero attached hydrogens (tertiary/aromatic N) is 1. The number of esters is 2. The molecule has 340 valence electrons. The average molecular weight is 883 g/mol. The monoisotopic (exact) mass is 882 g/mol. The quantitative estimate of drug-likeness (QED) is 0.0440. The third-order valence-electron chi connectivity index (χ3n) is 11.0. The lowest BCUT2D eigenvalue weighted by molar-refractivity contribution is -0.155. The molecule has 3 N–H and O–H groups in total. The molecule has 0 spiro atoms. The Labute approximate surface area is 380 Å². The second-order valence-corrected chi connectivity index (χ2v) is 17.2. The van der Waals surface area contributed by atoms with Crippen molar-refractivity contribution in [3.05, 3.63) is 156 Å². The molecule has 0 saturated carbocycles. The summed E-state index contributed by atoms with van der Waals surface area (Å²) in [7, 11) is 0. The van der Waals surface area contributed by atoms with Gasteiger partial charge in [0.2, 0.25) is 17.7 Å². The molecule has 13 nitrogen and oxygen atoms in total. The second-order valence-electron chi connectivity index (χ2n) is 17.2. The number of alkyl carbamates (subject to hydrolysis) is 1. The van der Waals surface area contributed by atoms with Gasteiger partial charge in [0.15, 0.2) is 0 Å². The highest BCUT2D eigenvalue weighted by molar-refractivity contribution is 5.95. The summed E-state index contributed by atoms with van der Waals surface area (Å²) in [6.45, 7) is 5.56. The van der Waals surface area contributed by atoms with Gasteiger partial charge in [-0.25, -0.2) is 14.4 Å². The van der Waals surface area contributed by atoms with Gasteiger partial charge in [-0.1, -0.05) is 121 Å². The maximum absolute atomic E-state index is 14.7. The van der Waals surface area contributed by atoms with Crippen molar-refractivity contribution in [2.75, 3.05) is 13.2 Å². The van der Waals surface area contributed by atoms with E-state index < -0.39 is 65.5 Å². The van der Waals surface area contributed by atoms with Crippen molar-refractivity contribution in [2.24, 2.45) is 0 Å². The molecule has 0 aliphatic carbocycles. The first-order chi connectivity index (χ1) is 31.3. The molecule has 0 radical (unpaired) electrons. The third kappa shape index (κ3) is 14.5. The van der Waals surface area contributed by atoms with Gasteiger partial charge in [-0.15, -0.1) is 0 Å². The summed E-state index contributed by atoms with van der Waals surface area (Å²) in [6.07, 6.45) is 1.21. The third-order valence-corrected chi connectivity index (χ3v) is 11.0. The maximum Gasteiger partial charge on any atom is 0.408 e. The molecule has 13 heteroatoms. The number of hydrogen-bond acceptors (Lipinski definition) is 9. The number of carbonyl (C=O) groups excluding carboxylic acids is 6. The summed E-state index contributed by atoms with van der Waals surface area (Å²) in [5, 5.41) is 10.5. The number of ether oxygens (including phenoxy) is 3. The Balaban J connectivity index is 1.22. The van der Waals surface area contributed by atoms with Crippen LogP contribution >= 0.6 is 0 Å². The van der Waals surface area contributed by atoms with Crippen LogP contribution in [-0.4, -0.2) is 83.6 Å². The van der Waals surface area contributed by atoms with E-state index in [1.54, 1.807) is 51.1 Å². The lowest BCUT2D eigenvalue weighted by Gasteiger charge is -2.30. The fraction of sp³-hybridized carbons (Fsp3) is 0.346. The summed E-state index contributed by atoms with van der Waals surface area (Å²) in [4.78, 5) is 84.2. The van der Waals surface area contributed by atoms with Crippen LogP contribution in [-0.2, 0) is 52.8 Å². The predicted molar refractivity (Wildman–Crippen MR) is 246 cm³/mol. The largest absolute Gasteiger partial charge is 0.462 e. The molecule has 1 aliphatic rings. The lowest BCUT2D eigenvalue weighted by atomic mass is 9.99. The smallest absolute Gasteiger partial charge is 0.408 e. The van der Waals surface area contributed by atoms with E-state index >= 15 is 0 Å². The van der Waals surface area contributed by atoms with Crippen LogP contribution in [0, 0.1) is 0 Å². The number of rotatable bonds is 19. The highest BCUT2D eigenvalue weighted by Gasteiger charge is 2.40. The van der Waals surface area contributed by atoms with Crippen LogP contribution in [0.2, 0.25) is 0 Å².